The Balaban J connectivity index is 1.28. The molecule has 3 aliphatic carbocycles. The summed E-state index contributed by atoms with van der Waals surface area (Å²) in [5.41, 5.74) is 4.89. The third kappa shape index (κ3) is 5.13. The van der Waals surface area contributed by atoms with Crippen molar-refractivity contribution in [3.05, 3.63) is 47.6 Å². The van der Waals surface area contributed by atoms with Crippen molar-refractivity contribution in [2.45, 2.75) is 83.1 Å². The molecule has 2 saturated carbocycles. The molecule has 0 bridgehead atoms. The number of carbonyl (C=O) groups excluding carboxylic acids is 4. The maximum absolute atomic E-state index is 13.5. The van der Waals surface area contributed by atoms with Gasteiger partial charge >= 0.3 is 5.97 Å². The normalized spacial score (nSPS) is 33.3. The minimum absolute atomic E-state index is 0.0222. The molecule has 10 nitrogen and oxygen atoms in total. The predicted molar refractivity (Wildman–Crippen MR) is 158 cm³/mol. The number of fused-ring (bicyclic) bond motifs is 2. The molecule has 0 spiro atoms. The van der Waals surface area contributed by atoms with Gasteiger partial charge in [0.2, 0.25) is 5.91 Å². The van der Waals surface area contributed by atoms with Crippen LogP contribution in [0.25, 0.3) is 0 Å². The Morgan fingerprint density at radius 2 is 1.95 bits per heavy atom. The topological polar surface area (TPSA) is 158 Å². The Kier molecular flexibility index (Phi) is 8.17. The smallest absolute Gasteiger partial charge is 0.344 e. The lowest BCUT2D eigenvalue weighted by Gasteiger charge is -2.45. The lowest BCUT2D eigenvalue weighted by Crippen LogP contribution is -2.53. The number of nitrogens with one attached hydrogen (secondary N) is 1. The number of rotatable bonds is 10. The van der Waals surface area contributed by atoms with E-state index < -0.39 is 47.1 Å². The van der Waals surface area contributed by atoms with Crippen LogP contribution in [0.2, 0.25) is 0 Å². The molecule has 0 radical (unpaired) electrons. The zero-order valence-electron chi connectivity index (χ0n) is 25.5. The van der Waals surface area contributed by atoms with E-state index in [1.54, 1.807) is 24.3 Å². The third-order valence-electron chi connectivity index (χ3n) is 10.3. The molecule has 1 aliphatic heterocycles. The SMILES string of the molecule is CCC1=CC(=O)C=CC1(C)[C@]12CC3CCC(C(=O)COC(=O)c4c(NC(=O)C(N)C(C)C)cccc4OC)C3(O)CC1O2. The van der Waals surface area contributed by atoms with Gasteiger partial charge in [0.05, 0.1) is 36.5 Å². The van der Waals surface area contributed by atoms with Gasteiger partial charge in [0.15, 0.2) is 18.2 Å². The number of ether oxygens (including phenoxy) is 3. The molecule has 7 atom stereocenters. The Labute approximate surface area is 252 Å². The number of methoxy groups -OCH3 is 1. The number of epoxide rings is 1. The van der Waals surface area contributed by atoms with Gasteiger partial charge in [-0.3, -0.25) is 14.4 Å². The van der Waals surface area contributed by atoms with Crippen molar-refractivity contribution in [3.63, 3.8) is 0 Å². The molecule has 0 aromatic heterocycles. The number of hydrogen-bond donors (Lipinski definition) is 3. The minimum Gasteiger partial charge on any atom is -0.496 e. The van der Waals surface area contributed by atoms with Crippen molar-refractivity contribution in [1.82, 2.24) is 0 Å². The summed E-state index contributed by atoms with van der Waals surface area (Å²) in [5, 5.41) is 14.6. The molecule has 1 aromatic rings. The number of Topliss-reactive ketones (excluding diaryl/α,β-unsaturated/α-hetero) is 1. The molecule has 1 saturated heterocycles. The Morgan fingerprint density at radius 3 is 2.63 bits per heavy atom. The van der Waals surface area contributed by atoms with Crippen LogP contribution in [0.15, 0.2) is 42.0 Å². The van der Waals surface area contributed by atoms with Crippen LogP contribution in [0.4, 0.5) is 5.69 Å². The summed E-state index contributed by atoms with van der Waals surface area (Å²) in [5.74, 6) is -2.51. The van der Waals surface area contributed by atoms with Gasteiger partial charge in [-0.15, -0.1) is 0 Å². The van der Waals surface area contributed by atoms with Crippen molar-refractivity contribution in [3.8, 4) is 5.75 Å². The first-order valence-electron chi connectivity index (χ1n) is 15.1. The molecule has 3 fully saturated rings. The fourth-order valence-electron chi connectivity index (χ4n) is 7.57. The average molecular weight is 595 g/mol. The predicted octanol–water partition coefficient (Wildman–Crippen LogP) is 3.51. The highest BCUT2D eigenvalue weighted by molar-refractivity contribution is 6.05. The largest absolute Gasteiger partial charge is 0.496 e. The Hall–Kier alpha value is -3.34. The molecule has 1 aromatic carbocycles. The summed E-state index contributed by atoms with van der Waals surface area (Å²) in [6.07, 6.45) is 7.70. The highest BCUT2D eigenvalue weighted by Gasteiger charge is 2.74. The zero-order valence-corrected chi connectivity index (χ0v) is 25.5. The summed E-state index contributed by atoms with van der Waals surface area (Å²) in [6.45, 7) is 7.22. The van der Waals surface area contributed by atoms with Crippen molar-refractivity contribution in [2.24, 2.45) is 28.9 Å². The number of benzene rings is 1. The van der Waals surface area contributed by atoms with Crippen LogP contribution in [0, 0.1) is 23.2 Å². The van der Waals surface area contributed by atoms with Gasteiger partial charge in [-0.1, -0.05) is 38.5 Å². The molecular formula is C33H42N2O8. The van der Waals surface area contributed by atoms with Crippen molar-refractivity contribution in [1.29, 1.82) is 0 Å². The van der Waals surface area contributed by atoms with E-state index in [1.165, 1.54) is 13.2 Å². The second kappa shape index (κ2) is 11.3. The number of esters is 1. The van der Waals surface area contributed by atoms with Gasteiger partial charge in [-0.05, 0) is 68.7 Å². The second-order valence-electron chi connectivity index (χ2n) is 12.9. The van der Waals surface area contributed by atoms with Crippen molar-refractivity contribution in [2.75, 3.05) is 19.0 Å². The first-order chi connectivity index (χ1) is 20.3. The van der Waals surface area contributed by atoms with Gasteiger partial charge < -0.3 is 30.4 Å². The van der Waals surface area contributed by atoms with Crippen molar-refractivity contribution >= 4 is 29.1 Å². The quantitative estimate of drug-likeness (QED) is 0.272. The maximum Gasteiger partial charge on any atom is 0.344 e. The van der Waals surface area contributed by atoms with Gasteiger partial charge in [-0.25, -0.2) is 4.79 Å². The second-order valence-corrected chi connectivity index (χ2v) is 12.9. The van der Waals surface area contributed by atoms with E-state index in [0.717, 1.165) is 5.57 Å². The van der Waals surface area contributed by atoms with Crippen LogP contribution in [0.1, 0.15) is 70.2 Å². The molecule has 1 heterocycles. The number of hydrogen-bond acceptors (Lipinski definition) is 9. The molecule has 10 heteroatoms. The number of allylic oxidation sites excluding steroid dienone is 2. The number of nitrogens with two attached hydrogens (primary N) is 1. The molecule has 4 aliphatic rings. The summed E-state index contributed by atoms with van der Waals surface area (Å²) in [4.78, 5) is 51.4. The van der Waals surface area contributed by atoms with Crippen LogP contribution in [0.3, 0.4) is 0 Å². The molecule has 43 heavy (non-hydrogen) atoms. The molecular weight excluding hydrogens is 552 g/mol. The fourth-order valence-corrected chi connectivity index (χ4v) is 7.57. The number of anilines is 1. The molecule has 232 valence electrons. The summed E-state index contributed by atoms with van der Waals surface area (Å²) in [7, 11) is 1.39. The van der Waals surface area contributed by atoms with E-state index in [2.05, 4.69) is 12.2 Å². The minimum atomic E-state index is -1.27. The molecule has 1 amide bonds. The van der Waals surface area contributed by atoms with Crippen LogP contribution >= 0.6 is 0 Å². The third-order valence-corrected chi connectivity index (χ3v) is 10.3. The first-order valence-corrected chi connectivity index (χ1v) is 15.1. The lowest BCUT2D eigenvalue weighted by atomic mass is 9.58. The molecule has 4 N–H and O–H groups in total. The number of ketones is 2. The van der Waals surface area contributed by atoms with Crippen LogP contribution in [0.5, 0.6) is 5.75 Å². The highest BCUT2D eigenvalue weighted by Crippen LogP contribution is 2.67. The van der Waals surface area contributed by atoms with Gasteiger partial charge in [0.25, 0.3) is 0 Å². The van der Waals surface area contributed by atoms with Crippen LogP contribution in [-0.4, -0.2) is 65.6 Å². The van der Waals surface area contributed by atoms with E-state index in [-0.39, 0.29) is 46.5 Å². The Morgan fingerprint density at radius 1 is 1.21 bits per heavy atom. The number of carbonyl (C=O) groups is 4. The van der Waals surface area contributed by atoms with Crippen LogP contribution < -0.4 is 15.8 Å². The molecule has 6 unspecified atom stereocenters. The van der Waals surface area contributed by atoms with E-state index in [1.807, 2.05) is 26.8 Å². The number of amides is 1. The fraction of sp³-hybridized carbons (Fsp3) is 0.576. The van der Waals surface area contributed by atoms with Crippen LogP contribution in [-0.2, 0) is 23.9 Å². The lowest BCUT2D eigenvalue weighted by molar-refractivity contribution is -0.138. The number of aliphatic hydroxyl groups is 1. The summed E-state index contributed by atoms with van der Waals surface area (Å²) < 4.78 is 17.2. The van der Waals surface area contributed by atoms with E-state index in [4.69, 9.17) is 19.9 Å². The summed E-state index contributed by atoms with van der Waals surface area (Å²) >= 11 is 0. The molecule has 5 rings (SSSR count). The van der Waals surface area contributed by atoms with Crippen molar-refractivity contribution < 1.29 is 38.5 Å². The maximum atomic E-state index is 13.5. The standard InChI is InChI=1S/C33H42N2O8/c1-6-19-14-21(36)12-13-31(19,4)33-15-20-10-11-22(32(20,40)16-26(33)43-33)24(37)17-42-30(39)27-23(8-7-9-25(27)41-5)35-29(38)28(34)18(2)3/h7-9,12-14,18,20,22,26,28,40H,6,10-11,15-17,34H2,1-5H3,(H,35,38)/t20?,22?,26?,28?,31?,32?,33-/m0/s1. The van der Waals surface area contributed by atoms with E-state index >= 15 is 0 Å². The summed E-state index contributed by atoms with van der Waals surface area (Å²) in [6, 6.07) is 3.93. The van der Waals surface area contributed by atoms with E-state index in [9.17, 15) is 24.3 Å². The Bertz CT molecular complexity index is 1400. The highest BCUT2D eigenvalue weighted by atomic mass is 16.6. The average Bonchev–Trinajstić information content (AvgIpc) is 3.60. The van der Waals surface area contributed by atoms with Gasteiger partial charge in [0.1, 0.15) is 16.9 Å². The monoisotopic (exact) mass is 594 g/mol. The van der Waals surface area contributed by atoms with E-state index in [0.29, 0.717) is 32.1 Å². The van der Waals surface area contributed by atoms with Gasteiger partial charge in [-0.2, -0.15) is 0 Å². The van der Waals surface area contributed by atoms with Gasteiger partial charge in [0, 0.05) is 11.8 Å². The zero-order chi connectivity index (χ0) is 31.3. The first kappa shape index (κ1) is 31.1.